The average Bonchev–Trinajstić information content (AvgIpc) is 2.94. The van der Waals surface area contributed by atoms with Gasteiger partial charge in [0.2, 0.25) is 0 Å². The summed E-state index contributed by atoms with van der Waals surface area (Å²) in [5.74, 6) is 0. The van der Waals surface area contributed by atoms with Crippen LogP contribution in [0.1, 0.15) is 23.7 Å². The molecule has 1 aromatic heterocycles. The summed E-state index contributed by atoms with van der Waals surface area (Å²) in [5.41, 5.74) is 8.34. The van der Waals surface area contributed by atoms with Gasteiger partial charge in [-0.05, 0) is 20.4 Å². The summed E-state index contributed by atoms with van der Waals surface area (Å²) in [6.07, 6.45) is 3.02. The lowest BCUT2D eigenvalue weighted by atomic mass is 10.0. The van der Waals surface area contributed by atoms with Gasteiger partial charge in [0, 0.05) is 37.5 Å². The minimum Gasteiger partial charge on any atom is -0.380 e. The summed E-state index contributed by atoms with van der Waals surface area (Å²) in [6, 6.07) is 0.707. The molecule has 1 fully saturated rings. The second kappa shape index (κ2) is 5.16. The molecule has 2 unspecified atom stereocenters. The highest BCUT2D eigenvalue weighted by Gasteiger charge is 2.28. The maximum atomic E-state index is 5.93. The zero-order valence-electron chi connectivity index (χ0n) is 10.9. The first kappa shape index (κ1) is 12.5. The summed E-state index contributed by atoms with van der Waals surface area (Å²) < 4.78 is 7.34. The molecule has 0 spiro atoms. The molecule has 2 heterocycles. The minimum atomic E-state index is 0.232. The summed E-state index contributed by atoms with van der Waals surface area (Å²) in [7, 11) is 4.09. The molecule has 5 nitrogen and oxygen atoms in total. The third kappa shape index (κ3) is 2.36. The molecule has 1 aliphatic rings. The highest BCUT2D eigenvalue weighted by molar-refractivity contribution is 5.21. The molecule has 2 atom stereocenters. The summed E-state index contributed by atoms with van der Waals surface area (Å²) in [6.45, 7) is 4.37. The first-order valence-corrected chi connectivity index (χ1v) is 6.13. The van der Waals surface area contributed by atoms with E-state index in [1.165, 1.54) is 11.3 Å². The highest BCUT2D eigenvalue weighted by Crippen LogP contribution is 2.25. The van der Waals surface area contributed by atoms with Crippen molar-refractivity contribution in [1.82, 2.24) is 14.7 Å². The van der Waals surface area contributed by atoms with Crippen molar-refractivity contribution in [2.75, 3.05) is 26.8 Å². The maximum absolute atomic E-state index is 5.93. The number of nitrogens with zero attached hydrogens (tertiary/aromatic N) is 3. The van der Waals surface area contributed by atoms with E-state index in [1.54, 1.807) is 0 Å². The normalized spacial score (nSPS) is 22.3. The molecule has 1 aromatic rings. The van der Waals surface area contributed by atoms with E-state index in [0.717, 1.165) is 19.6 Å². The van der Waals surface area contributed by atoms with Crippen LogP contribution in [-0.4, -0.2) is 47.5 Å². The molecule has 0 bridgehead atoms. The molecule has 1 saturated heterocycles. The lowest BCUT2D eigenvalue weighted by Gasteiger charge is -2.31. The Hall–Kier alpha value is -0.910. The minimum absolute atomic E-state index is 0.232. The van der Waals surface area contributed by atoms with E-state index in [0.29, 0.717) is 12.6 Å². The number of likely N-dealkylation sites (N-methyl/N-ethyl adjacent to an activating group) is 1. The molecule has 0 amide bonds. The molecule has 17 heavy (non-hydrogen) atoms. The van der Waals surface area contributed by atoms with Gasteiger partial charge in [-0.15, -0.1) is 0 Å². The Bertz CT molecular complexity index is 371. The van der Waals surface area contributed by atoms with Gasteiger partial charge in [0.05, 0.1) is 18.8 Å². The largest absolute Gasteiger partial charge is 0.380 e. The van der Waals surface area contributed by atoms with E-state index in [-0.39, 0.29) is 6.04 Å². The van der Waals surface area contributed by atoms with Crippen molar-refractivity contribution >= 4 is 0 Å². The first-order chi connectivity index (χ1) is 8.15. The number of nitrogens with two attached hydrogens (primary N) is 1. The van der Waals surface area contributed by atoms with Crippen LogP contribution in [0.3, 0.4) is 0 Å². The molecule has 96 valence electrons. The molecule has 1 aliphatic heterocycles. The van der Waals surface area contributed by atoms with E-state index in [2.05, 4.69) is 24.0 Å². The molecule has 2 rings (SSSR count). The second-order valence-corrected chi connectivity index (χ2v) is 4.74. The van der Waals surface area contributed by atoms with Crippen molar-refractivity contribution in [2.45, 2.75) is 25.4 Å². The van der Waals surface area contributed by atoms with Crippen LogP contribution in [0.5, 0.6) is 0 Å². The fraction of sp³-hybridized carbons (Fsp3) is 0.750. The van der Waals surface area contributed by atoms with E-state index in [9.17, 15) is 0 Å². The zero-order valence-corrected chi connectivity index (χ0v) is 10.9. The Morgan fingerprint density at radius 2 is 2.47 bits per heavy atom. The summed E-state index contributed by atoms with van der Waals surface area (Å²) >= 11 is 0. The van der Waals surface area contributed by atoms with Crippen LogP contribution in [0.2, 0.25) is 0 Å². The Kier molecular flexibility index (Phi) is 3.81. The number of aryl methyl sites for hydroxylation is 1. The van der Waals surface area contributed by atoms with Crippen molar-refractivity contribution in [3.05, 3.63) is 17.5 Å². The van der Waals surface area contributed by atoms with Gasteiger partial charge in [-0.1, -0.05) is 0 Å². The van der Waals surface area contributed by atoms with Gasteiger partial charge in [0.1, 0.15) is 0 Å². The van der Waals surface area contributed by atoms with E-state index >= 15 is 0 Å². The molecule has 5 heteroatoms. The third-order valence-electron chi connectivity index (χ3n) is 3.83. The van der Waals surface area contributed by atoms with Gasteiger partial charge < -0.3 is 10.5 Å². The molecule has 2 N–H and O–H groups in total. The molecular weight excluding hydrogens is 216 g/mol. The van der Waals surface area contributed by atoms with E-state index in [1.807, 2.05) is 17.9 Å². The van der Waals surface area contributed by atoms with Crippen molar-refractivity contribution in [2.24, 2.45) is 12.8 Å². The number of aromatic nitrogens is 2. The van der Waals surface area contributed by atoms with Crippen molar-refractivity contribution in [3.8, 4) is 0 Å². The number of hydrogen-bond acceptors (Lipinski definition) is 4. The van der Waals surface area contributed by atoms with Crippen LogP contribution in [0.4, 0.5) is 0 Å². The van der Waals surface area contributed by atoms with Gasteiger partial charge in [-0.25, -0.2) is 0 Å². The predicted molar refractivity (Wildman–Crippen MR) is 66.7 cm³/mol. The maximum Gasteiger partial charge on any atom is 0.0622 e. The van der Waals surface area contributed by atoms with Crippen LogP contribution in [0.15, 0.2) is 6.20 Å². The van der Waals surface area contributed by atoms with Crippen LogP contribution >= 0.6 is 0 Å². The number of rotatable bonds is 4. The quantitative estimate of drug-likeness (QED) is 0.827. The molecular formula is C12H22N4O. The van der Waals surface area contributed by atoms with Gasteiger partial charge in [-0.2, -0.15) is 5.10 Å². The van der Waals surface area contributed by atoms with Crippen molar-refractivity contribution in [3.63, 3.8) is 0 Å². The first-order valence-electron chi connectivity index (χ1n) is 6.13. The summed E-state index contributed by atoms with van der Waals surface area (Å²) in [5, 5.41) is 4.30. The molecule has 0 radical (unpaired) electrons. The number of ether oxygens (including phenoxy) is 1. The molecule has 0 aromatic carbocycles. The topological polar surface area (TPSA) is 56.3 Å². The smallest absolute Gasteiger partial charge is 0.0622 e. The van der Waals surface area contributed by atoms with E-state index in [4.69, 9.17) is 10.5 Å². The zero-order chi connectivity index (χ0) is 12.4. The monoisotopic (exact) mass is 238 g/mol. The third-order valence-corrected chi connectivity index (χ3v) is 3.83. The van der Waals surface area contributed by atoms with Gasteiger partial charge in [-0.3, -0.25) is 9.58 Å². The van der Waals surface area contributed by atoms with Crippen LogP contribution in [0, 0.1) is 6.92 Å². The van der Waals surface area contributed by atoms with Gasteiger partial charge in [0.25, 0.3) is 0 Å². The fourth-order valence-electron chi connectivity index (χ4n) is 2.45. The lowest BCUT2D eigenvalue weighted by Crippen LogP contribution is -2.39. The second-order valence-electron chi connectivity index (χ2n) is 4.74. The van der Waals surface area contributed by atoms with Crippen LogP contribution in [0.25, 0.3) is 0 Å². The van der Waals surface area contributed by atoms with Crippen LogP contribution in [-0.2, 0) is 11.8 Å². The Balaban J connectivity index is 2.17. The Morgan fingerprint density at radius 3 is 2.94 bits per heavy atom. The van der Waals surface area contributed by atoms with Gasteiger partial charge in [0.15, 0.2) is 0 Å². The van der Waals surface area contributed by atoms with Crippen molar-refractivity contribution < 1.29 is 4.74 Å². The fourth-order valence-corrected chi connectivity index (χ4v) is 2.45. The molecule has 0 saturated carbocycles. The van der Waals surface area contributed by atoms with E-state index < -0.39 is 0 Å². The molecule has 0 aliphatic carbocycles. The number of hydrogen-bond donors (Lipinski definition) is 1. The summed E-state index contributed by atoms with van der Waals surface area (Å²) in [4.78, 5) is 2.33. The Labute approximate surface area is 103 Å². The Morgan fingerprint density at radius 1 is 1.71 bits per heavy atom. The average molecular weight is 238 g/mol. The SMILES string of the molecule is Cc1c(C(CN)N(C)C2CCOC2)cnn1C. The van der Waals surface area contributed by atoms with Gasteiger partial charge >= 0.3 is 0 Å². The highest BCUT2D eigenvalue weighted by atomic mass is 16.5. The standard InChI is InChI=1S/C12H22N4O/c1-9-11(7-14-16(9)3)12(6-13)15(2)10-4-5-17-8-10/h7,10,12H,4-6,8,13H2,1-3H3. The van der Waals surface area contributed by atoms with Crippen molar-refractivity contribution in [1.29, 1.82) is 0 Å². The predicted octanol–water partition coefficient (Wildman–Crippen LogP) is 0.449. The lowest BCUT2D eigenvalue weighted by molar-refractivity contribution is 0.134. The van der Waals surface area contributed by atoms with Crippen LogP contribution < -0.4 is 5.73 Å².